The molecule has 0 bridgehead atoms. The molecule has 2 aromatic carbocycles. The molecule has 1 N–H and O–H groups in total. The van der Waals surface area contributed by atoms with Crippen molar-refractivity contribution in [2.45, 2.75) is 12.8 Å². The number of nitrogens with zero attached hydrogens (tertiary/aromatic N) is 1. The van der Waals surface area contributed by atoms with E-state index in [0.29, 0.717) is 54.6 Å². The molecule has 4 rings (SSSR count). The highest BCUT2D eigenvalue weighted by Crippen LogP contribution is 2.34. The van der Waals surface area contributed by atoms with Crippen LogP contribution < -0.4 is 24.3 Å². The topological polar surface area (TPSA) is 86.3 Å². The van der Waals surface area contributed by atoms with Crippen molar-refractivity contribution in [3.63, 3.8) is 0 Å². The van der Waals surface area contributed by atoms with Gasteiger partial charge < -0.3 is 29.2 Å². The van der Waals surface area contributed by atoms with Gasteiger partial charge in [0.15, 0.2) is 11.5 Å². The predicted octanol–water partition coefficient (Wildman–Crippen LogP) is 3.32. The lowest BCUT2D eigenvalue weighted by atomic mass is 9.95. The number of rotatable bonds is 6. The van der Waals surface area contributed by atoms with Gasteiger partial charge in [0, 0.05) is 48.5 Å². The van der Waals surface area contributed by atoms with Gasteiger partial charge >= 0.3 is 0 Å². The molecule has 1 saturated heterocycles. The van der Waals surface area contributed by atoms with Crippen LogP contribution >= 0.6 is 0 Å². The minimum atomic E-state index is -0.143. The predicted molar refractivity (Wildman–Crippen MR) is 119 cm³/mol. The normalized spacial score (nSPS) is 15.6. The number of methoxy groups -OCH3 is 2. The average Bonchev–Trinajstić information content (AvgIpc) is 3.30. The lowest BCUT2D eigenvalue weighted by Crippen LogP contribution is -2.40. The highest BCUT2D eigenvalue weighted by atomic mass is 16.7. The molecule has 0 saturated carbocycles. The van der Waals surface area contributed by atoms with E-state index in [2.05, 4.69) is 5.32 Å². The third-order valence-corrected chi connectivity index (χ3v) is 5.66. The Kier molecular flexibility index (Phi) is 6.49. The van der Waals surface area contributed by atoms with Crippen molar-refractivity contribution in [2.24, 2.45) is 5.92 Å². The molecule has 0 aromatic heterocycles. The summed E-state index contributed by atoms with van der Waals surface area (Å²) in [6.07, 6.45) is 4.50. The summed E-state index contributed by atoms with van der Waals surface area (Å²) in [5.41, 5.74) is 1.47. The van der Waals surface area contributed by atoms with Gasteiger partial charge in [-0.05, 0) is 43.2 Å². The van der Waals surface area contributed by atoms with Gasteiger partial charge in [-0.15, -0.1) is 0 Å². The SMILES string of the molecule is COc1ccc(C=CC(=O)N2CCC(C(=O)Nc3ccc4c(c3)OCO4)CC2)c(OC)c1. The number of fused-ring (bicyclic) bond motifs is 1. The molecule has 0 aliphatic carbocycles. The average molecular weight is 438 g/mol. The second-order valence-corrected chi connectivity index (χ2v) is 7.60. The Morgan fingerprint density at radius 1 is 1.03 bits per heavy atom. The minimum Gasteiger partial charge on any atom is -0.497 e. The molecular formula is C24H26N2O6. The lowest BCUT2D eigenvalue weighted by Gasteiger charge is -2.30. The van der Waals surface area contributed by atoms with Crippen molar-refractivity contribution in [2.75, 3.05) is 39.4 Å². The largest absolute Gasteiger partial charge is 0.497 e. The molecule has 168 valence electrons. The number of benzene rings is 2. The van der Waals surface area contributed by atoms with Gasteiger partial charge in [-0.2, -0.15) is 0 Å². The second-order valence-electron chi connectivity index (χ2n) is 7.60. The van der Waals surface area contributed by atoms with Crippen molar-refractivity contribution < 1.29 is 28.5 Å². The van der Waals surface area contributed by atoms with Gasteiger partial charge in [-0.3, -0.25) is 9.59 Å². The fraction of sp³-hybridized carbons (Fsp3) is 0.333. The molecule has 8 heteroatoms. The van der Waals surface area contributed by atoms with E-state index in [1.807, 2.05) is 12.1 Å². The Labute approximate surface area is 186 Å². The Morgan fingerprint density at radius 2 is 1.81 bits per heavy atom. The first-order valence-corrected chi connectivity index (χ1v) is 10.5. The van der Waals surface area contributed by atoms with Crippen LogP contribution in [0, 0.1) is 5.92 Å². The van der Waals surface area contributed by atoms with E-state index >= 15 is 0 Å². The van der Waals surface area contributed by atoms with Crippen LogP contribution in [0.5, 0.6) is 23.0 Å². The molecule has 2 aliphatic heterocycles. The van der Waals surface area contributed by atoms with Crippen LogP contribution in [0.3, 0.4) is 0 Å². The van der Waals surface area contributed by atoms with E-state index in [4.69, 9.17) is 18.9 Å². The number of piperidine rings is 1. The van der Waals surface area contributed by atoms with Gasteiger partial charge in [0.05, 0.1) is 14.2 Å². The molecule has 2 aromatic rings. The molecule has 0 radical (unpaired) electrons. The minimum absolute atomic E-state index is 0.0468. The summed E-state index contributed by atoms with van der Waals surface area (Å²) in [6, 6.07) is 10.8. The van der Waals surface area contributed by atoms with Crippen LogP contribution in [0.15, 0.2) is 42.5 Å². The number of amides is 2. The summed E-state index contributed by atoms with van der Waals surface area (Å²) in [5, 5.41) is 2.94. The lowest BCUT2D eigenvalue weighted by molar-refractivity contribution is -0.130. The summed E-state index contributed by atoms with van der Waals surface area (Å²) < 4.78 is 21.2. The summed E-state index contributed by atoms with van der Waals surface area (Å²) in [7, 11) is 3.17. The molecule has 0 unspecified atom stereocenters. The molecule has 32 heavy (non-hydrogen) atoms. The Balaban J connectivity index is 1.30. The summed E-state index contributed by atoms with van der Waals surface area (Å²) in [5.74, 6) is 2.35. The smallest absolute Gasteiger partial charge is 0.246 e. The maximum Gasteiger partial charge on any atom is 0.246 e. The van der Waals surface area contributed by atoms with Crippen molar-refractivity contribution in [1.29, 1.82) is 0 Å². The van der Waals surface area contributed by atoms with E-state index in [1.165, 1.54) is 6.08 Å². The zero-order chi connectivity index (χ0) is 22.5. The first kappa shape index (κ1) is 21.5. The number of carbonyl (C=O) groups is 2. The summed E-state index contributed by atoms with van der Waals surface area (Å²) in [6.45, 7) is 1.25. The van der Waals surface area contributed by atoms with Gasteiger partial charge in [0.1, 0.15) is 11.5 Å². The zero-order valence-electron chi connectivity index (χ0n) is 18.1. The highest BCUT2D eigenvalue weighted by Gasteiger charge is 2.27. The molecule has 0 atom stereocenters. The van der Waals surface area contributed by atoms with Crippen molar-refractivity contribution >= 4 is 23.6 Å². The van der Waals surface area contributed by atoms with Crippen LogP contribution in [0.4, 0.5) is 5.69 Å². The van der Waals surface area contributed by atoms with Crippen molar-refractivity contribution in [1.82, 2.24) is 4.90 Å². The summed E-state index contributed by atoms with van der Waals surface area (Å²) in [4.78, 5) is 27.0. The number of anilines is 1. The Hall–Kier alpha value is -3.68. The maximum atomic E-state index is 12.7. The summed E-state index contributed by atoms with van der Waals surface area (Å²) >= 11 is 0. The van der Waals surface area contributed by atoms with E-state index < -0.39 is 0 Å². The number of hydrogen-bond donors (Lipinski definition) is 1. The number of nitrogens with one attached hydrogen (secondary N) is 1. The van der Waals surface area contributed by atoms with Gasteiger partial charge in [0.25, 0.3) is 0 Å². The third-order valence-electron chi connectivity index (χ3n) is 5.66. The second kappa shape index (κ2) is 9.64. The number of ether oxygens (including phenoxy) is 4. The maximum absolute atomic E-state index is 12.7. The fourth-order valence-corrected chi connectivity index (χ4v) is 3.80. The standard InChI is InChI=1S/C24H26N2O6/c1-29-19-6-3-16(21(14-19)30-2)4-8-23(27)26-11-9-17(10-12-26)24(28)25-18-5-7-20-22(13-18)32-15-31-20/h3-8,13-14,17H,9-12,15H2,1-2H3,(H,25,28). The Bertz CT molecular complexity index is 1030. The highest BCUT2D eigenvalue weighted by molar-refractivity contribution is 5.94. The van der Waals surface area contributed by atoms with Gasteiger partial charge in [-0.25, -0.2) is 0 Å². The molecular weight excluding hydrogens is 412 g/mol. The number of carbonyl (C=O) groups excluding carboxylic acids is 2. The van der Waals surface area contributed by atoms with Crippen LogP contribution in [-0.4, -0.2) is 50.8 Å². The van der Waals surface area contributed by atoms with Crippen molar-refractivity contribution in [3.05, 3.63) is 48.0 Å². The van der Waals surface area contributed by atoms with Crippen LogP contribution in [0.25, 0.3) is 6.08 Å². The Morgan fingerprint density at radius 3 is 2.56 bits per heavy atom. The number of hydrogen-bond acceptors (Lipinski definition) is 6. The molecule has 8 nitrogen and oxygen atoms in total. The fourth-order valence-electron chi connectivity index (χ4n) is 3.80. The third kappa shape index (κ3) is 4.80. The van der Waals surface area contributed by atoms with Crippen LogP contribution in [0.1, 0.15) is 18.4 Å². The molecule has 2 amide bonds. The first-order chi connectivity index (χ1) is 15.6. The van der Waals surface area contributed by atoms with Gasteiger partial charge in [0.2, 0.25) is 18.6 Å². The van der Waals surface area contributed by atoms with E-state index in [0.717, 1.165) is 5.56 Å². The van der Waals surface area contributed by atoms with Crippen LogP contribution in [0.2, 0.25) is 0 Å². The first-order valence-electron chi connectivity index (χ1n) is 10.5. The molecule has 0 spiro atoms. The molecule has 2 heterocycles. The molecule has 1 fully saturated rings. The number of likely N-dealkylation sites (tertiary alicyclic amines) is 1. The van der Waals surface area contributed by atoms with Gasteiger partial charge in [-0.1, -0.05) is 0 Å². The molecule has 2 aliphatic rings. The monoisotopic (exact) mass is 438 g/mol. The zero-order valence-corrected chi connectivity index (χ0v) is 18.1. The van der Waals surface area contributed by atoms with Crippen molar-refractivity contribution in [3.8, 4) is 23.0 Å². The van der Waals surface area contributed by atoms with E-state index in [1.54, 1.807) is 49.5 Å². The van der Waals surface area contributed by atoms with E-state index in [9.17, 15) is 9.59 Å². The van der Waals surface area contributed by atoms with E-state index in [-0.39, 0.29) is 24.5 Å². The van der Waals surface area contributed by atoms with Crippen LogP contribution in [-0.2, 0) is 9.59 Å². The quantitative estimate of drug-likeness (QED) is 0.697.